The molecule has 2 N–H and O–H groups in total. The number of carbonyl (C=O) groups excluding carboxylic acids is 2. The van der Waals surface area contributed by atoms with E-state index in [1.165, 1.54) is 13.2 Å². The van der Waals surface area contributed by atoms with Crippen molar-refractivity contribution in [2.24, 2.45) is 0 Å². The first kappa shape index (κ1) is 26.3. The molecule has 1 atom stereocenters. The number of carbonyl (C=O) groups is 2. The van der Waals surface area contributed by atoms with Crippen molar-refractivity contribution >= 4 is 34.6 Å². The summed E-state index contributed by atoms with van der Waals surface area (Å²) < 4.78 is 16.4. The predicted octanol–water partition coefficient (Wildman–Crippen LogP) is 4.96. The molecule has 0 spiro atoms. The predicted molar refractivity (Wildman–Crippen MR) is 137 cm³/mol. The van der Waals surface area contributed by atoms with Crippen molar-refractivity contribution in [1.29, 1.82) is 0 Å². The van der Waals surface area contributed by atoms with Gasteiger partial charge < -0.3 is 24.2 Å². The van der Waals surface area contributed by atoms with Crippen molar-refractivity contribution in [3.05, 3.63) is 58.8 Å². The van der Waals surface area contributed by atoms with E-state index in [0.29, 0.717) is 31.1 Å². The number of thiophene rings is 1. The molecule has 0 radical (unpaired) electrons. The van der Waals surface area contributed by atoms with E-state index >= 15 is 0 Å². The molecule has 0 bridgehead atoms. The number of benzene rings is 1. The molecule has 1 aliphatic heterocycles. The molecule has 3 rings (SSSR count). The van der Waals surface area contributed by atoms with Crippen molar-refractivity contribution in [2.45, 2.75) is 32.2 Å². The van der Waals surface area contributed by atoms with Crippen LogP contribution in [0.3, 0.4) is 0 Å². The SMILES string of the molecule is C=CCOC(=O)Nc1cc(OCCCC)c(OC)cc1C(=O)N1CCC(c2ccsc2)=C[C@H]1CO. The van der Waals surface area contributed by atoms with Gasteiger partial charge in [-0.2, -0.15) is 11.3 Å². The standard InChI is InChI=1S/C26H32N2O6S/c1-4-6-11-33-24-15-22(27-26(31)34-10-5-2)21(14-23(24)32-3)25(30)28-9-7-18(13-20(28)16-29)19-8-12-35-17-19/h5,8,12-15,17,20,29H,2,4,6-7,9-11,16H2,1,3H3,(H,27,31)/t20-/m0/s1. The van der Waals surface area contributed by atoms with Gasteiger partial charge in [-0.25, -0.2) is 4.79 Å². The lowest BCUT2D eigenvalue weighted by Crippen LogP contribution is -2.44. The smallest absolute Gasteiger partial charge is 0.411 e. The molecule has 0 fully saturated rings. The molecule has 2 aromatic rings. The van der Waals surface area contributed by atoms with Crippen LogP contribution in [0, 0.1) is 0 Å². The molecule has 9 heteroatoms. The molecule has 1 aromatic heterocycles. The molecule has 8 nitrogen and oxygen atoms in total. The summed E-state index contributed by atoms with van der Waals surface area (Å²) in [5.74, 6) is 0.442. The molecule has 2 amide bonds. The fraction of sp³-hybridized carbons (Fsp3) is 0.385. The third-order valence-corrected chi connectivity index (χ3v) is 6.30. The van der Waals surface area contributed by atoms with E-state index in [0.717, 1.165) is 24.0 Å². The number of aliphatic hydroxyl groups excluding tert-OH is 1. The largest absolute Gasteiger partial charge is 0.493 e. The summed E-state index contributed by atoms with van der Waals surface area (Å²) in [6.07, 6.45) is 5.11. The fourth-order valence-corrected chi connectivity index (χ4v) is 4.46. The minimum atomic E-state index is -0.722. The van der Waals surface area contributed by atoms with Crippen molar-refractivity contribution < 1.29 is 28.9 Å². The molecule has 1 aliphatic rings. The van der Waals surface area contributed by atoms with Crippen molar-refractivity contribution in [3.63, 3.8) is 0 Å². The van der Waals surface area contributed by atoms with Gasteiger partial charge in [0, 0.05) is 12.6 Å². The number of hydrogen-bond acceptors (Lipinski definition) is 7. The topological polar surface area (TPSA) is 97.3 Å². The van der Waals surface area contributed by atoms with Gasteiger partial charge >= 0.3 is 6.09 Å². The van der Waals surface area contributed by atoms with E-state index in [9.17, 15) is 14.7 Å². The van der Waals surface area contributed by atoms with Crippen LogP contribution in [-0.2, 0) is 4.74 Å². The van der Waals surface area contributed by atoms with Gasteiger partial charge in [0.2, 0.25) is 0 Å². The highest BCUT2D eigenvalue weighted by Gasteiger charge is 2.30. The molecule has 35 heavy (non-hydrogen) atoms. The summed E-state index contributed by atoms with van der Waals surface area (Å²) in [6.45, 7) is 6.28. The van der Waals surface area contributed by atoms with Crippen LogP contribution in [0.1, 0.15) is 42.1 Å². The van der Waals surface area contributed by atoms with Crippen LogP contribution in [-0.4, -0.2) is 61.5 Å². The Morgan fingerprint density at radius 1 is 1.34 bits per heavy atom. The molecule has 2 heterocycles. The minimum Gasteiger partial charge on any atom is -0.493 e. The fourth-order valence-electron chi connectivity index (χ4n) is 3.78. The summed E-state index contributed by atoms with van der Waals surface area (Å²) in [5.41, 5.74) is 2.65. The first-order valence-corrected chi connectivity index (χ1v) is 12.5. The summed E-state index contributed by atoms with van der Waals surface area (Å²) in [6, 6.07) is 4.65. The lowest BCUT2D eigenvalue weighted by Gasteiger charge is -2.34. The number of methoxy groups -OCH3 is 1. The van der Waals surface area contributed by atoms with E-state index in [-0.39, 0.29) is 30.4 Å². The third kappa shape index (κ3) is 6.64. The van der Waals surface area contributed by atoms with Crippen molar-refractivity contribution in [3.8, 4) is 11.5 Å². The average molecular weight is 501 g/mol. The molecular weight excluding hydrogens is 468 g/mol. The third-order valence-electron chi connectivity index (χ3n) is 5.61. The molecule has 0 saturated carbocycles. The van der Waals surface area contributed by atoms with Gasteiger partial charge in [0.1, 0.15) is 6.61 Å². The van der Waals surface area contributed by atoms with Crippen LogP contribution < -0.4 is 14.8 Å². The number of nitrogens with zero attached hydrogens (tertiary/aromatic N) is 1. The molecule has 0 unspecified atom stereocenters. The van der Waals surface area contributed by atoms with Gasteiger partial charge in [-0.15, -0.1) is 0 Å². The van der Waals surface area contributed by atoms with Crippen molar-refractivity contribution in [1.82, 2.24) is 4.90 Å². The Hall–Kier alpha value is -3.30. The van der Waals surface area contributed by atoms with Gasteiger partial charge in [-0.05, 0) is 46.9 Å². The van der Waals surface area contributed by atoms with Gasteiger partial charge in [0.05, 0.1) is 37.6 Å². The Balaban J connectivity index is 1.94. The Bertz CT molecular complexity index is 1050. The van der Waals surface area contributed by atoms with E-state index < -0.39 is 12.1 Å². The molecule has 0 saturated heterocycles. The van der Waals surface area contributed by atoms with Crippen LogP contribution in [0.2, 0.25) is 0 Å². The van der Waals surface area contributed by atoms with Gasteiger partial charge in [0.25, 0.3) is 5.91 Å². The molecule has 188 valence electrons. The highest BCUT2D eigenvalue weighted by Crippen LogP contribution is 2.36. The Kier molecular flexibility index (Phi) is 9.75. The van der Waals surface area contributed by atoms with Crippen LogP contribution in [0.4, 0.5) is 10.5 Å². The number of ether oxygens (including phenoxy) is 3. The van der Waals surface area contributed by atoms with E-state index in [2.05, 4.69) is 24.2 Å². The quantitative estimate of drug-likeness (QED) is 0.334. The number of rotatable bonds is 11. The molecule has 0 aliphatic carbocycles. The zero-order valence-corrected chi connectivity index (χ0v) is 20.9. The Morgan fingerprint density at radius 2 is 2.17 bits per heavy atom. The van der Waals surface area contributed by atoms with Gasteiger partial charge in [-0.1, -0.05) is 32.1 Å². The lowest BCUT2D eigenvalue weighted by atomic mass is 9.97. The van der Waals surface area contributed by atoms with E-state index in [1.807, 2.05) is 17.5 Å². The zero-order valence-electron chi connectivity index (χ0n) is 20.1. The van der Waals surface area contributed by atoms with E-state index in [4.69, 9.17) is 14.2 Å². The minimum absolute atomic E-state index is 0.0278. The first-order chi connectivity index (χ1) is 17.0. The molecule has 1 aromatic carbocycles. The Morgan fingerprint density at radius 3 is 2.83 bits per heavy atom. The van der Waals surface area contributed by atoms with Crippen molar-refractivity contribution in [2.75, 3.05) is 38.8 Å². The normalized spacial score (nSPS) is 15.2. The summed E-state index contributed by atoms with van der Waals surface area (Å²) in [4.78, 5) is 27.6. The second kappa shape index (κ2) is 13.0. The second-order valence-corrected chi connectivity index (χ2v) is 8.75. The Labute approximate surface area is 209 Å². The van der Waals surface area contributed by atoms with Crippen LogP contribution in [0.5, 0.6) is 11.5 Å². The number of nitrogens with one attached hydrogen (secondary N) is 1. The summed E-state index contributed by atoms with van der Waals surface area (Å²) in [5, 5.41) is 16.8. The van der Waals surface area contributed by atoms with Crippen LogP contribution in [0.25, 0.3) is 5.57 Å². The maximum Gasteiger partial charge on any atom is 0.411 e. The zero-order chi connectivity index (χ0) is 25.2. The monoisotopic (exact) mass is 500 g/mol. The van der Waals surface area contributed by atoms with Crippen LogP contribution in [0.15, 0.2) is 47.7 Å². The van der Waals surface area contributed by atoms with Crippen LogP contribution >= 0.6 is 11.3 Å². The lowest BCUT2D eigenvalue weighted by molar-refractivity contribution is 0.0648. The maximum absolute atomic E-state index is 13.7. The first-order valence-electron chi connectivity index (χ1n) is 11.6. The highest BCUT2D eigenvalue weighted by atomic mass is 32.1. The number of unbranched alkanes of at least 4 members (excludes halogenated alkanes) is 1. The number of hydrogen-bond donors (Lipinski definition) is 2. The van der Waals surface area contributed by atoms with Gasteiger partial charge in [0.15, 0.2) is 11.5 Å². The highest BCUT2D eigenvalue weighted by molar-refractivity contribution is 7.08. The second-order valence-electron chi connectivity index (χ2n) is 7.97. The van der Waals surface area contributed by atoms with Gasteiger partial charge in [-0.3, -0.25) is 10.1 Å². The van der Waals surface area contributed by atoms with E-state index in [1.54, 1.807) is 28.4 Å². The average Bonchev–Trinajstić information content (AvgIpc) is 3.42. The molecular formula is C26H32N2O6S. The maximum atomic E-state index is 13.7. The summed E-state index contributed by atoms with van der Waals surface area (Å²) >= 11 is 1.60. The number of aliphatic hydroxyl groups is 1. The number of amides is 2. The summed E-state index contributed by atoms with van der Waals surface area (Å²) in [7, 11) is 1.50. The number of anilines is 1.